The van der Waals surface area contributed by atoms with Crippen molar-refractivity contribution in [2.24, 2.45) is 0 Å². The number of pyridine rings is 1. The molecule has 0 fully saturated rings. The first-order chi connectivity index (χ1) is 9.66. The Labute approximate surface area is 141 Å². The van der Waals surface area contributed by atoms with Crippen LogP contribution in [-0.2, 0) is 4.74 Å². The number of carbonyl (C=O) groups is 1. The first kappa shape index (κ1) is 17.2. The number of hydrogen-bond donors (Lipinski definition) is 0. The van der Waals surface area contributed by atoms with Crippen molar-refractivity contribution in [3.63, 3.8) is 0 Å². The van der Waals surface area contributed by atoms with E-state index in [2.05, 4.69) is 4.98 Å². The first-order valence-corrected chi connectivity index (χ1v) is 6.23. The summed E-state index contributed by atoms with van der Waals surface area (Å²) >= 11 is 0. The van der Waals surface area contributed by atoms with Crippen molar-refractivity contribution in [1.82, 2.24) is 4.98 Å². The highest BCUT2D eigenvalue weighted by Gasteiger charge is 2.05. The maximum absolute atomic E-state index is 11.6. The molecule has 1 aromatic heterocycles. The highest BCUT2D eigenvalue weighted by Crippen LogP contribution is 2.13. The summed E-state index contributed by atoms with van der Waals surface area (Å²) < 4.78 is 5.02. The van der Waals surface area contributed by atoms with E-state index < -0.39 is 5.97 Å². The summed E-state index contributed by atoms with van der Waals surface area (Å²) in [6.45, 7) is 0. The average molecular weight is 396 g/mol. The summed E-state index contributed by atoms with van der Waals surface area (Å²) in [5, 5.41) is 0. The molecule has 0 radical (unpaired) electrons. The van der Waals surface area contributed by atoms with Gasteiger partial charge in [0.05, 0.1) is 6.26 Å². The molecule has 0 saturated carbocycles. The lowest BCUT2D eigenvalue weighted by Gasteiger charge is -2.11. The molecule has 0 aliphatic heterocycles. The van der Waals surface area contributed by atoms with E-state index in [4.69, 9.17) is 4.74 Å². The van der Waals surface area contributed by atoms with Crippen molar-refractivity contribution >= 4 is 41.7 Å². The van der Waals surface area contributed by atoms with E-state index in [0.29, 0.717) is 5.69 Å². The highest BCUT2D eigenvalue weighted by molar-refractivity contribution is 14.0. The van der Waals surface area contributed by atoms with Crippen LogP contribution in [0.5, 0.6) is 0 Å². The van der Waals surface area contributed by atoms with Gasteiger partial charge in [0.1, 0.15) is 5.69 Å². The largest absolute Gasteiger partial charge is 0.430 e. The normalized spacial score (nSPS) is 10.0. The minimum absolute atomic E-state index is 0. The summed E-state index contributed by atoms with van der Waals surface area (Å²) in [5.74, 6) is -0.466. The quantitative estimate of drug-likeness (QED) is 0.450. The predicted octanol–water partition coefficient (Wildman–Crippen LogP) is 3.59. The zero-order valence-electron chi connectivity index (χ0n) is 11.9. The van der Waals surface area contributed by atoms with Gasteiger partial charge >= 0.3 is 5.97 Å². The standard InChI is InChI=1S/C16H16N2O2.HI/c1-18(2)14-8-6-13(7-9-14)10-12-20-16(19)15-5-3-4-11-17-15;/h3-12H,1-2H3;1H. The number of rotatable bonds is 4. The smallest absolute Gasteiger partial charge is 0.361 e. The molecule has 0 aliphatic rings. The van der Waals surface area contributed by atoms with E-state index in [9.17, 15) is 4.79 Å². The van der Waals surface area contributed by atoms with Gasteiger partial charge in [0.25, 0.3) is 0 Å². The number of aromatic nitrogens is 1. The molecule has 21 heavy (non-hydrogen) atoms. The molecule has 1 heterocycles. The molecule has 110 valence electrons. The molecular weight excluding hydrogens is 379 g/mol. The average Bonchev–Trinajstić information content (AvgIpc) is 2.48. The Morgan fingerprint density at radius 3 is 2.43 bits per heavy atom. The second-order valence-corrected chi connectivity index (χ2v) is 4.41. The van der Waals surface area contributed by atoms with Crippen LogP contribution >= 0.6 is 24.0 Å². The lowest BCUT2D eigenvalue weighted by molar-refractivity contribution is 0.0659. The molecule has 0 aliphatic carbocycles. The Morgan fingerprint density at radius 2 is 1.86 bits per heavy atom. The number of benzene rings is 1. The fraction of sp³-hybridized carbons (Fsp3) is 0.125. The topological polar surface area (TPSA) is 42.4 Å². The van der Waals surface area contributed by atoms with Gasteiger partial charge in [0.15, 0.2) is 0 Å². The highest BCUT2D eigenvalue weighted by atomic mass is 127. The monoisotopic (exact) mass is 396 g/mol. The van der Waals surface area contributed by atoms with Crippen LogP contribution in [0.2, 0.25) is 0 Å². The van der Waals surface area contributed by atoms with Gasteiger partial charge in [-0.15, -0.1) is 24.0 Å². The number of carbonyl (C=O) groups excluding carboxylic acids is 1. The molecular formula is C16H17IN2O2. The van der Waals surface area contributed by atoms with E-state index >= 15 is 0 Å². The van der Waals surface area contributed by atoms with Gasteiger partial charge in [-0.3, -0.25) is 0 Å². The fourth-order valence-corrected chi connectivity index (χ4v) is 1.60. The lowest BCUT2D eigenvalue weighted by atomic mass is 10.2. The van der Waals surface area contributed by atoms with Crippen molar-refractivity contribution < 1.29 is 9.53 Å². The van der Waals surface area contributed by atoms with E-state index in [1.807, 2.05) is 43.3 Å². The van der Waals surface area contributed by atoms with Crippen LogP contribution in [0.25, 0.3) is 6.08 Å². The van der Waals surface area contributed by atoms with Crippen molar-refractivity contribution in [2.75, 3.05) is 19.0 Å². The first-order valence-electron chi connectivity index (χ1n) is 6.23. The van der Waals surface area contributed by atoms with Crippen LogP contribution in [-0.4, -0.2) is 25.0 Å². The van der Waals surface area contributed by atoms with Gasteiger partial charge in [-0.05, 0) is 35.9 Å². The zero-order valence-corrected chi connectivity index (χ0v) is 14.2. The van der Waals surface area contributed by atoms with Crippen LogP contribution in [0.15, 0.2) is 54.9 Å². The van der Waals surface area contributed by atoms with E-state index in [1.54, 1.807) is 30.5 Å². The lowest BCUT2D eigenvalue weighted by Crippen LogP contribution is -2.07. The van der Waals surface area contributed by atoms with Gasteiger partial charge in [-0.25, -0.2) is 9.78 Å². The number of halogens is 1. The maximum Gasteiger partial charge on any atom is 0.361 e. The molecule has 0 bridgehead atoms. The Balaban J connectivity index is 0.00000220. The molecule has 0 saturated heterocycles. The van der Waals surface area contributed by atoms with E-state index in [1.165, 1.54) is 6.26 Å². The third-order valence-electron chi connectivity index (χ3n) is 2.72. The van der Waals surface area contributed by atoms with E-state index in [-0.39, 0.29) is 24.0 Å². The van der Waals surface area contributed by atoms with Gasteiger partial charge in [0, 0.05) is 26.0 Å². The second-order valence-electron chi connectivity index (χ2n) is 4.41. The molecule has 0 atom stereocenters. The van der Waals surface area contributed by atoms with Gasteiger partial charge in [-0.1, -0.05) is 18.2 Å². The maximum atomic E-state index is 11.6. The van der Waals surface area contributed by atoms with E-state index in [0.717, 1.165) is 11.3 Å². The third-order valence-corrected chi connectivity index (χ3v) is 2.72. The predicted molar refractivity (Wildman–Crippen MR) is 94.9 cm³/mol. The molecule has 0 amide bonds. The van der Waals surface area contributed by atoms with Gasteiger partial charge in [-0.2, -0.15) is 0 Å². The van der Waals surface area contributed by atoms with Gasteiger partial charge < -0.3 is 9.64 Å². The summed E-state index contributed by atoms with van der Waals surface area (Å²) in [5.41, 5.74) is 2.37. The zero-order chi connectivity index (χ0) is 14.4. The van der Waals surface area contributed by atoms with Crippen molar-refractivity contribution in [1.29, 1.82) is 0 Å². The third kappa shape index (κ3) is 5.18. The number of ether oxygens (including phenoxy) is 1. The second kappa shape index (κ2) is 8.41. The summed E-state index contributed by atoms with van der Waals surface area (Å²) in [7, 11) is 3.97. The molecule has 0 spiro atoms. The molecule has 4 nitrogen and oxygen atoms in total. The SMILES string of the molecule is CN(C)c1ccc(C=COC(=O)c2ccccn2)cc1.I. The van der Waals surface area contributed by atoms with Crippen molar-refractivity contribution in [3.05, 3.63) is 66.2 Å². The molecule has 1 aromatic carbocycles. The summed E-state index contributed by atoms with van der Waals surface area (Å²) in [6.07, 6.45) is 4.67. The minimum Gasteiger partial charge on any atom is -0.430 e. The van der Waals surface area contributed by atoms with Crippen molar-refractivity contribution in [3.8, 4) is 0 Å². The molecule has 0 N–H and O–H groups in total. The number of nitrogens with zero attached hydrogens (tertiary/aromatic N) is 2. The Morgan fingerprint density at radius 1 is 1.14 bits per heavy atom. The Kier molecular flexibility index (Phi) is 6.87. The van der Waals surface area contributed by atoms with Crippen molar-refractivity contribution in [2.45, 2.75) is 0 Å². The molecule has 2 rings (SSSR count). The van der Waals surface area contributed by atoms with Crippen LogP contribution < -0.4 is 4.90 Å². The van der Waals surface area contributed by atoms with Crippen LogP contribution in [0, 0.1) is 0 Å². The summed E-state index contributed by atoms with van der Waals surface area (Å²) in [4.78, 5) is 17.6. The molecule has 0 unspecified atom stereocenters. The fourth-order valence-electron chi connectivity index (χ4n) is 1.60. The Bertz CT molecular complexity index is 595. The number of anilines is 1. The van der Waals surface area contributed by atoms with Crippen LogP contribution in [0.1, 0.15) is 16.1 Å². The van der Waals surface area contributed by atoms with Gasteiger partial charge in [0.2, 0.25) is 0 Å². The molecule has 2 aromatic rings. The number of esters is 1. The van der Waals surface area contributed by atoms with Crippen LogP contribution in [0.3, 0.4) is 0 Å². The molecule has 5 heteroatoms. The minimum atomic E-state index is -0.466. The summed E-state index contributed by atoms with van der Waals surface area (Å²) in [6, 6.07) is 13.0. The Hall–Kier alpha value is -1.89. The van der Waals surface area contributed by atoms with Crippen LogP contribution in [0.4, 0.5) is 5.69 Å². The number of hydrogen-bond acceptors (Lipinski definition) is 4.